The van der Waals surface area contributed by atoms with Crippen LogP contribution in [0.3, 0.4) is 0 Å². The number of carbonyl (C=O) groups excluding carboxylic acids is 2. The molecule has 0 aliphatic carbocycles. The molecule has 7 heteroatoms. The standard InChI is InChI=1S/C23H29FN2O3S/c1-5-26(6-2)21(18-8-7-9-19(12-18)29-4)14-25-23(28)15-30-22-11-10-17(16(3)27)13-20(22)24/h7-13,21H,5-6,14-15H2,1-4H3,(H,25,28). The van der Waals surface area contributed by atoms with Crippen LogP contribution in [0.2, 0.25) is 0 Å². The van der Waals surface area contributed by atoms with Gasteiger partial charge in [0.25, 0.3) is 0 Å². The number of benzene rings is 2. The normalized spacial score (nSPS) is 11.9. The fourth-order valence-electron chi connectivity index (χ4n) is 3.21. The highest BCUT2D eigenvalue weighted by Crippen LogP contribution is 2.25. The van der Waals surface area contributed by atoms with Crippen LogP contribution in [0.25, 0.3) is 0 Å². The van der Waals surface area contributed by atoms with Gasteiger partial charge in [0.2, 0.25) is 5.91 Å². The van der Waals surface area contributed by atoms with Gasteiger partial charge in [-0.3, -0.25) is 14.5 Å². The zero-order valence-electron chi connectivity index (χ0n) is 17.9. The van der Waals surface area contributed by atoms with Crippen LogP contribution >= 0.6 is 11.8 Å². The highest BCUT2D eigenvalue weighted by molar-refractivity contribution is 8.00. The highest BCUT2D eigenvalue weighted by atomic mass is 32.2. The number of halogens is 1. The predicted molar refractivity (Wildman–Crippen MR) is 119 cm³/mol. The second-order valence-corrected chi connectivity index (χ2v) is 7.82. The van der Waals surface area contributed by atoms with Gasteiger partial charge in [0.05, 0.1) is 18.9 Å². The Labute approximate surface area is 182 Å². The quantitative estimate of drug-likeness (QED) is 0.423. The van der Waals surface area contributed by atoms with Crippen molar-refractivity contribution in [3.63, 3.8) is 0 Å². The van der Waals surface area contributed by atoms with E-state index in [1.54, 1.807) is 19.2 Å². The number of nitrogens with one attached hydrogen (secondary N) is 1. The third-order valence-electron chi connectivity index (χ3n) is 4.92. The first kappa shape index (κ1) is 23.9. The molecule has 2 aromatic rings. The van der Waals surface area contributed by atoms with E-state index in [1.165, 1.54) is 13.0 Å². The number of amides is 1. The molecule has 30 heavy (non-hydrogen) atoms. The average molecular weight is 433 g/mol. The van der Waals surface area contributed by atoms with Gasteiger partial charge in [0.15, 0.2) is 5.78 Å². The van der Waals surface area contributed by atoms with E-state index in [9.17, 15) is 14.0 Å². The van der Waals surface area contributed by atoms with Gasteiger partial charge in [-0.2, -0.15) is 0 Å². The van der Waals surface area contributed by atoms with Crippen molar-refractivity contribution in [3.05, 3.63) is 59.4 Å². The van der Waals surface area contributed by atoms with Crippen LogP contribution in [-0.2, 0) is 4.79 Å². The van der Waals surface area contributed by atoms with Gasteiger partial charge in [-0.1, -0.05) is 32.0 Å². The van der Waals surface area contributed by atoms with Crippen LogP contribution in [0.15, 0.2) is 47.4 Å². The molecule has 0 aromatic heterocycles. The number of methoxy groups -OCH3 is 1. The maximum Gasteiger partial charge on any atom is 0.230 e. The Kier molecular flexibility index (Phi) is 9.33. The lowest BCUT2D eigenvalue weighted by atomic mass is 10.0. The van der Waals surface area contributed by atoms with Crippen LogP contribution < -0.4 is 10.1 Å². The SMILES string of the molecule is CCN(CC)C(CNC(=O)CSc1ccc(C(C)=O)cc1F)c1cccc(OC)c1. The van der Waals surface area contributed by atoms with Crippen LogP contribution in [0.4, 0.5) is 4.39 Å². The number of likely N-dealkylation sites (N-methyl/N-ethyl adjacent to an activating group) is 1. The van der Waals surface area contributed by atoms with Gasteiger partial charge >= 0.3 is 0 Å². The zero-order valence-corrected chi connectivity index (χ0v) is 18.7. The summed E-state index contributed by atoms with van der Waals surface area (Å²) in [6.45, 7) is 7.70. The minimum Gasteiger partial charge on any atom is -0.497 e. The number of Topliss-reactive ketones (excluding diaryl/α,β-unsaturated/α-hetero) is 1. The molecular weight excluding hydrogens is 403 g/mol. The van der Waals surface area contributed by atoms with Crippen molar-refractivity contribution in [1.82, 2.24) is 10.2 Å². The summed E-state index contributed by atoms with van der Waals surface area (Å²) in [5.41, 5.74) is 1.39. The molecule has 0 bridgehead atoms. The van der Waals surface area contributed by atoms with Crippen molar-refractivity contribution in [3.8, 4) is 5.75 Å². The molecule has 0 aliphatic heterocycles. The van der Waals surface area contributed by atoms with Gasteiger partial charge in [-0.05, 0) is 49.8 Å². The Morgan fingerprint density at radius 2 is 1.90 bits per heavy atom. The van der Waals surface area contributed by atoms with Crippen molar-refractivity contribution >= 4 is 23.5 Å². The first-order valence-corrected chi connectivity index (χ1v) is 11.0. The first-order valence-electron chi connectivity index (χ1n) is 9.97. The smallest absolute Gasteiger partial charge is 0.230 e. The average Bonchev–Trinajstić information content (AvgIpc) is 2.75. The molecule has 0 radical (unpaired) electrons. The number of carbonyl (C=O) groups is 2. The Morgan fingerprint density at radius 1 is 1.17 bits per heavy atom. The van der Waals surface area contributed by atoms with Crippen molar-refractivity contribution in [2.75, 3.05) is 32.5 Å². The molecule has 5 nitrogen and oxygen atoms in total. The number of ketones is 1. The number of rotatable bonds is 11. The molecule has 1 unspecified atom stereocenters. The fourth-order valence-corrected chi connectivity index (χ4v) is 3.96. The lowest BCUT2D eigenvalue weighted by Crippen LogP contribution is -2.38. The number of ether oxygens (including phenoxy) is 1. The van der Waals surface area contributed by atoms with E-state index in [-0.39, 0.29) is 23.5 Å². The maximum atomic E-state index is 14.1. The topological polar surface area (TPSA) is 58.6 Å². The summed E-state index contributed by atoms with van der Waals surface area (Å²) in [6.07, 6.45) is 0. The van der Waals surface area contributed by atoms with Gasteiger partial charge < -0.3 is 10.1 Å². The highest BCUT2D eigenvalue weighted by Gasteiger charge is 2.19. The van der Waals surface area contributed by atoms with Crippen molar-refractivity contribution in [2.24, 2.45) is 0 Å². The molecule has 0 fully saturated rings. The fraction of sp³-hybridized carbons (Fsp3) is 0.391. The molecule has 1 N–H and O–H groups in total. The zero-order chi connectivity index (χ0) is 22.1. The number of thioether (sulfide) groups is 1. The van der Waals surface area contributed by atoms with Gasteiger partial charge in [-0.25, -0.2) is 4.39 Å². The molecule has 0 saturated heterocycles. The molecule has 1 amide bonds. The molecule has 0 spiro atoms. The Bertz CT molecular complexity index is 871. The monoisotopic (exact) mass is 432 g/mol. The molecule has 162 valence electrons. The minimum absolute atomic E-state index is 0.00985. The van der Waals surface area contributed by atoms with E-state index in [0.29, 0.717) is 17.0 Å². The maximum absolute atomic E-state index is 14.1. The Balaban J connectivity index is 2.01. The molecular formula is C23H29FN2O3S. The minimum atomic E-state index is -0.488. The molecule has 1 atom stereocenters. The third-order valence-corrected chi connectivity index (χ3v) is 5.97. The molecule has 0 heterocycles. The van der Waals surface area contributed by atoms with Gasteiger partial charge in [0.1, 0.15) is 11.6 Å². The van der Waals surface area contributed by atoms with Crippen LogP contribution in [0.1, 0.15) is 42.7 Å². The van der Waals surface area contributed by atoms with Crippen LogP contribution in [-0.4, -0.2) is 49.1 Å². The van der Waals surface area contributed by atoms with E-state index < -0.39 is 5.82 Å². The summed E-state index contributed by atoms with van der Waals surface area (Å²) < 4.78 is 19.5. The number of hydrogen-bond acceptors (Lipinski definition) is 5. The first-order chi connectivity index (χ1) is 14.4. The Hall–Kier alpha value is -2.38. The largest absolute Gasteiger partial charge is 0.497 e. The molecule has 0 saturated carbocycles. The van der Waals surface area contributed by atoms with Crippen molar-refractivity contribution in [2.45, 2.75) is 31.7 Å². The summed E-state index contributed by atoms with van der Waals surface area (Å²) in [5.74, 6) is 0.0200. The summed E-state index contributed by atoms with van der Waals surface area (Å²) in [6, 6.07) is 12.2. The van der Waals surface area contributed by atoms with E-state index in [0.717, 1.165) is 36.2 Å². The van der Waals surface area contributed by atoms with Crippen LogP contribution in [0.5, 0.6) is 5.75 Å². The summed E-state index contributed by atoms with van der Waals surface area (Å²) in [5, 5.41) is 2.97. The number of nitrogens with zero attached hydrogens (tertiary/aromatic N) is 1. The second-order valence-electron chi connectivity index (χ2n) is 6.81. The number of hydrogen-bond donors (Lipinski definition) is 1. The molecule has 2 rings (SSSR count). The van der Waals surface area contributed by atoms with Crippen molar-refractivity contribution in [1.29, 1.82) is 0 Å². The van der Waals surface area contributed by atoms with Crippen LogP contribution in [0, 0.1) is 5.82 Å². The second kappa shape index (κ2) is 11.7. The predicted octanol–water partition coefficient (Wildman–Crippen LogP) is 4.33. The van der Waals surface area contributed by atoms with Crippen molar-refractivity contribution < 1.29 is 18.7 Å². The molecule has 0 aliphatic rings. The van der Waals surface area contributed by atoms with E-state index in [4.69, 9.17) is 4.74 Å². The molecule has 2 aromatic carbocycles. The van der Waals surface area contributed by atoms with E-state index in [2.05, 4.69) is 24.1 Å². The van der Waals surface area contributed by atoms with Gasteiger partial charge in [-0.15, -0.1) is 11.8 Å². The third kappa shape index (κ3) is 6.57. The summed E-state index contributed by atoms with van der Waals surface area (Å²) in [4.78, 5) is 26.4. The summed E-state index contributed by atoms with van der Waals surface area (Å²) >= 11 is 1.12. The summed E-state index contributed by atoms with van der Waals surface area (Å²) in [7, 11) is 1.63. The van der Waals surface area contributed by atoms with E-state index >= 15 is 0 Å². The van der Waals surface area contributed by atoms with E-state index in [1.807, 2.05) is 24.3 Å². The lowest BCUT2D eigenvalue weighted by Gasteiger charge is -2.30. The lowest BCUT2D eigenvalue weighted by molar-refractivity contribution is -0.118. The Morgan fingerprint density at radius 3 is 2.50 bits per heavy atom. The van der Waals surface area contributed by atoms with Gasteiger partial charge in [0, 0.05) is 17.0 Å².